The Morgan fingerprint density at radius 3 is 2.38 bits per heavy atom. The van der Waals surface area contributed by atoms with Crippen LogP contribution < -0.4 is 5.32 Å². The molecule has 1 aromatic rings. The SMILES string of the molecule is CCN(C(=O)COC(=O)c1ccc(NC(C)=O)cc1)C1CCS(=O)(=O)C1. The van der Waals surface area contributed by atoms with Crippen LogP contribution in [0.3, 0.4) is 0 Å². The van der Waals surface area contributed by atoms with Crippen LogP contribution in [0.2, 0.25) is 0 Å². The summed E-state index contributed by atoms with van der Waals surface area (Å²) < 4.78 is 28.2. The fourth-order valence-corrected chi connectivity index (χ4v) is 4.58. The van der Waals surface area contributed by atoms with Crippen molar-refractivity contribution < 1.29 is 27.5 Å². The van der Waals surface area contributed by atoms with Crippen LogP contribution in [0.4, 0.5) is 5.69 Å². The van der Waals surface area contributed by atoms with Crippen molar-refractivity contribution in [2.24, 2.45) is 0 Å². The Morgan fingerprint density at radius 2 is 1.88 bits per heavy atom. The molecule has 26 heavy (non-hydrogen) atoms. The fourth-order valence-electron chi connectivity index (χ4n) is 2.85. The number of nitrogens with one attached hydrogen (secondary N) is 1. The van der Waals surface area contributed by atoms with E-state index >= 15 is 0 Å². The number of carbonyl (C=O) groups is 3. The maximum absolute atomic E-state index is 12.3. The predicted octanol–water partition coefficient (Wildman–Crippen LogP) is 0.837. The lowest BCUT2D eigenvalue weighted by molar-refractivity contribution is -0.136. The van der Waals surface area contributed by atoms with Gasteiger partial charge in [-0.2, -0.15) is 0 Å². The Balaban J connectivity index is 1.91. The van der Waals surface area contributed by atoms with Gasteiger partial charge in [0.05, 0.1) is 17.1 Å². The van der Waals surface area contributed by atoms with E-state index in [0.717, 1.165) is 0 Å². The van der Waals surface area contributed by atoms with Gasteiger partial charge >= 0.3 is 5.97 Å². The Bertz CT molecular complexity index is 788. The number of hydrogen-bond donors (Lipinski definition) is 1. The van der Waals surface area contributed by atoms with E-state index in [4.69, 9.17) is 4.74 Å². The van der Waals surface area contributed by atoms with Crippen molar-refractivity contribution in [3.63, 3.8) is 0 Å². The second kappa shape index (κ2) is 8.31. The molecule has 1 saturated heterocycles. The van der Waals surface area contributed by atoms with Crippen molar-refractivity contribution in [1.82, 2.24) is 4.90 Å². The number of carbonyl (C=O) groups excluding carboxylic acids is 3. The molecule has 0 spiro atoms. The summed E-state index contributed by atoms with van der Waals surface area (Å²) >= 11 is 0. The number of amides is 2. The smallest absolute Gasteiger partial charge is 0.338 e. The van der Waals surface area contributed by atoms with Crippen LogP contribution in [0.1, 0.15) is 30.6 Å². The number of ether oxygens (including phenoxy) is 1. The van der Waals surface area contributed by atoms with Gasteiger partial charge in [0.15, 0.2) is 16.4 Å². The largest absolute Gasteiger partial charge is 0.452 e. The monoisotopic (exact) mass is 382 g/mol. The van der Waals surface area contributed by atoms with Gasteiger partial charge in [0.1, 0.15) is 0 Å². The Kier molecular flexibility index (Phi) is 6.36. The molecular formula is C17H22N2O6S. The molecule has 0 saturated carbocycles. The molecule has 0 aliphatic carbocycles. The lowest BCUT2D eigenvalue weighted by atomic mass is 10.2. The minimum absolute atomic E-state index is 0.0505. The van der Waals surface area contributed by atoms with Crippen LogP contribution in [0.5, 0.6) is 0 Å². The average molecular weight is 382 g/mol. The van der Waals surface area contributed by atoms with Gasteiger partial charge in [-0.1, -0.05) is 0 Å². The van der Waals surface area contributed by atoms with Gasteiger partial charge < -0.3 is 15.0 Å². The number of nitrogens with zero attached hydrogens (tertiary/aromatic N) is 1. The molecule has 1 aliphatic heterocycles. The molecule has 1 aromatic carbocycles. The number of rotatable bonds is 6. The van der Waals surface area contributed by atoms with Gasteiger partial charge in [0.25, 0.3) is 5.91 Å². The fraction of sp³-hybridized carbons (Fsp3) is 0.471. The molecule has 1 unspecified atom stereocenters. The Labute approximate surface area is 152 Å². The van der Waals surface area contributed by atoms with Gasteiger partial charge in [-0.3, -0.25) is 9.59 Å². The molecule has 1 N–H and O–H groups in total. The van der Waals surface area contributed by atoms with E-state index in [-0.39, 0.29) is 29.0 Å². The van der Waals surface area contributed by atoms with Crippen LogP contribution in [0.25, 0.3) is 0 Å². The van der Waals surface area contributed by atoms with Gasteiger partial charge in [0.2, 0.25) is 5.91 Å². The van der Waals surface area contributed by atoms with Gasteiger partial charge in [-0.25, -0.2) is 13.2 Å². The first-order valence-electron chi connectivity index (χ1n) is 8.26. The first kappa shape index (κ1) is 19.9. The summed E-state index contributed by atoms with van der Waals surface area (Å²) in [5, 5.41) is 2.58. The molecule has 2 rings (SSSR count). The summed E-state index contributed by atoms with van der Waals surface area (Å²) in [6, 6.07) is 5.72. The number of hydrogen-bond acceptors (Lipinski definition) is 6. The van der Waals surface area contributed by atoms with Crippen LogP contribution in [0.15, 0.2) is 24.3 Å². The molecule has 1 heterocycles. The summed E-state index contributed by atoms with van der Waals surface area (Å²) in [5.74, 6) is -1.28. The molecule has 1 atom stereocenters. The molecule has 2 amide bonds. The quantitative estimate of drug-likeness (QED) is 0.730. The second-order valence-corrected chi connectivity index (χ2v) is 8.30. The van der Waals surface area contributed by atoms with Crippen molar-refractivity contribution in [3.05, 3.63) is 29.8 Å². The second-order valence-electron chi connectivity index (χ2n) is 6.07. The highest BCUT2D eigenvalue weighted by atomic mass is 32.2. The summed E-state index contributed by atoms with van der Waals surface area (Å²) in [6.07, 6.45) is 0.403. The van der Waals surface area contributed by atoms with Crippen LogP contribution in [-0.4, -0.2) is 61.8 Å². The third-order valence-electron chi connectivity index (χ3n) is 4.08. The van der Waals surface area contributed by atoms with E-state index in [0.29, 0.717) is 18.7 Å². The normalized spacial score (nSPS) is 18.2. The number of sulfone groups is 1. The highest BCUT2D eigenvalue weighted by Gasteiger charge is 2.34. The first-order chi connectivity index (χ1) is 12.2. The summed E-state index contributed by atoms with van der Waals surface area (Å²) in [6.45, 7) is 3.03. The lowest BCUT2D eigenvalue weighted by Gasteiger charge is -2.26. The molecule has 1 fully saturated rings. The average Bonchev–Trinajstić information content (AvgIpc) is 2.93. The van der Waals surface area contributed by atoms with E-state index < -0.39 is 28.3 Å². The Hall–Kier alpha value is -2.42. The number of likely N-dealkylation sites (N-methyl/N-ethyl adjacent to an activating group) is 1. The maximum atomic E-state index is 12.3. The molecule has 9 heteroatoms. The van der Waals surface area contributed by atoms with Crippen molar-refractivity contribution in [2.45, 2.75) is 26.3 Å². The standard InChI is InChI=1S/C17H22N2O6S/c1-3-19(15-8-9-26(23,24)11-15)16(21)10-25-17(22)13-4-6-14(7-5-13)18-12(2)20/h4-7,15H,3,8-11H2,1-2H3,(H,18,20). The molecule has 0 aromatic heterocycles. The van der Waals surface area contributed by atoms with Crippen molar-refractivity contribution >= 4 is 33.3 Å². The topological polar surface area (TPSA) is 110 Å². The Morgan fingerprint density at radius 1 is 1.23 bits per heavy atom. The molecule has 0 radical (unpaired) electrons. The zero-order chi connectivity index (χ0) is 19.3. The predicted molar refractivity (Wildman–Crippen MR) is 95.5 cm³/mol. The minimum atomic E-state index is -3.10. The van der Waals surface area contributed by atoms with E-state index in [9.17, 15) is 22.8 Å². The third-order valence-corrected chi connectivity index (χ3v) is 5.83. The summed E-state index contributed by atoms with van der Waals surface area (Å²) in [5.41, 5.74) is 0.795. The van der Waals surface area contributed by atoms with Gasteiger partial charge in [-0.15, -0.1) is 0 Å². The van der Waals surface area contributed by atoms with E-state index in [2.05, 4.69) is 5.32 Å². The van der Waals surface area contributed by atoms with Gasteiger partial charge in [0, 0.05) is 25.2 Å². The lowest BCUT2D eigenvalue weighted by Crippen LogP contribution is -2.43. The van der Waals surface area contributed by atoms with Crippen molar-refractivity contribution in [2.75, 3.05) is 30.0 Å². The van der Waals surface area contributed by atoms with Crippen LogP contribution in [0, 0.1) is 0 Å². The first-order valence-corrected chi connectivity index (χ1v) is 10.1. The number of esters is 1. The molecule has 142 valence electrons. The maximum Gasteiger partial charge on any atom is 0.338 e. The van der Waals surface area contributed by atoms with Gasteiger partial charge in [-0.05, 0) is 37.6 Å². The summed E-state index contributed by atoms with van der Waals surface area (Å²) in [7, 11) is -3.10. The third kappa shape index (κ3) is 5.29. The van der Waals surface area contributed by atoms with E-state index in [1.54, 1.807) is 19.1 Å². The molecule has 0 bridgehead atoms. The minimum Gasteiger partial charge on any atom is -0.452 e. The van der Waals surface area contributed by atoms with Crippen molar-refractivity contribution in [3.8, 4) is 0 Å². The zero-order valence-electron chi connectivity index (χ0n) is 14.7. The number of benzene rings is 1. The zero-order valence-corrected chi connectivity index (χ0v) is 15.5. The molecular weight excluding hydrogens is 360 g/mol. The molecule has 1 aliphatic rings. The van der Waals surface area contributed by atoms with E-state index in [1.807, 2.05) is 0 Å². The highest BCUT2D eigenvalue weighted by Crippen LogP contribution is 2.18. The highest BCUT2D eigenvalue weighted by molar-refractivity contribution is 7.91. The van der Waals surface area contributed by atoms with Crippen LogP contribution in [-0.2, 0) is 24.2 Å². The number of anilines is 1. The van der Waals surface area contributed by atoms with Crippen LogP contribution >= 0.6 is 0 Å². The van der Waals surface area contributed by atoms with E-state index in [1.165, 1.54) is 24.0 Å². The van der Waals surface area contributed by atoms with Crippen molar-refractivity contribution in [1.29, 1.82) is 0 Å². The molecule has 8 nitrogen and oxygen atoms in total. The summed E-state index contributed by atoms with van der Waals surface area (Å²) in [4.78, 5) is 36.7.